The summed E-state index contributed by atoms with van der Waals surface area (Å²) >= 11 is 0. The Balaban J connectivity index is 1.58. The van der Waals surface area contributed by atoms with Gasteiger partial charge in [0.05, 0.1) is 18.6 Å². The summed E-state index contributed by atoms with van der Waals surface area (Å²) in [6.07, 6.45) is 0.363. The number of anilines is 1. The van der Waals surface area contributed by atoms with Crippen molar-refractivity contribution < 1.29 is 14.1 Å². The molecular weight excluding hydrogens is 330 g/mol. The highest BCUT2D eigenvalue weighted by atomic mass is 16.5. The minimum absolute atomic E-state index is 0.0673. The maximum atomic E-state index is 12.5. The smallest absolute Gasteiger partial charge is 0.232 e. The third-order valence-electron chi connectivity index (χ3n) is 4.58. The largest absolute Gasteiger partial charge is 0.496 e. The van der Waals surface area contributed by atoms with Crippen molar-refractivity contribution in [2.75, 3.05) is 18.6 Å². The molecule has 1 atom stereocenters. The lowest BCUT2D eigenvalue weighted by molar-refractivity contribution is -0.117. The highest BCUT2D eigenvalue weighted by Crippen LogP contribution is 2.33. The van der Waals surface area contributed by atoms with Crippen LogP contribution in [0.3, 0.4) is 0 Å². The molecule has 132 valence electrons. The molecule has 0 saturated carbocycles. The summed E-state index contributed by atoms with van der Waals surface area (Å²) in [5.41, 5.74) is 2.79. The summed E-state index contributed by atoms with van der Waals surface area (Å²) in [7, 11) is 1.61. The molecule has 0 radical (unpaired) electrons. The summed E-state index contributed by atoms with van der Waals surface area (Å²) < 4.78 is 10.8. The number of carbonyl (C=O) groups excluding carboxylic acids is 1. The van der Waals surface area contributed by atoms with Crippen molar-refractivity contribution in [1.82, 2.24) is 10.1 Å². The molecule has 26 heavy (non-hydrogen) atoms. The second-order valence-electron chi connectivity index (χ2n) is 6.40. The Bertz CT molecular complexity index is 951. The van der Waals surface area contributed by atoms with Crippen molar-refractivity contribution in [3.05, 3.63) is 60.0 Å². The molecule has 1 saturated heterocycles. The minimum atomic E-state index is -0.112. The molecule has 1 aliphatic heterocycles. The normalized spacial score (nSPS) is 16.9. The minimum Gasteiger partial charge on any atom is -0.496 e. The summed E-state index contributed by atoms with van der Waals surface area (Å²) in [5, 5.41) is 4.08. The average molecular weight is 349 g/mol. The monoisotopic (exact) mass is 349 g/mol. The van der Waals surface area contributed by atoms with E-state index in [1.807, 2.05) is 55.5 Å². The van der Waals surface area contributed by atoms with Gasteiger partial charge in [-0.15, -0.1) is 0 Å². The van der Waals surface area contributed by atoms with Gasteiger partial charge in [-0.25, -0.2) is 0 Å². The number of amides is 1. The Morgan fingerprint density at radius 3 is 2.85 bits per heavy atom. The van der Waals surface area contributed by atoms with Crippen LogP contribution in [0.4, 0.5) is 5.69 Å². The third kappa shape index (κ3) is 2.94. The molecular formula is C20H19N3O3. The number of hydrogen-bond donors (Lipinski definition) is 0. The molecule has 1 unspecified atom stereocenters. The number of rotatable bonds is 4. The topological polar surface area (TPSA) is 68.5 Å². The number of para-hydroxylation sites is 1. The van der Waals surface area contributed by atoms with Crippen LogP contribution in [-0.4, -0.2) is 29.7 Å². The average Bonchev–Trinajstić information content (AvgIpc) is 3.28. The van der Waals surface area contributed by atoms with Crippen LogP contribution >= 0.6 is 0 Å². The zero-order valence-electron chi connectivity index (χ0n) is 14.7. The predicted molar refractivity (Wildman–Crippen MR) is 97.2 cm³/mol. The van der Waals surface area contributed by atoms with Crippen molar-refractivity contribution in [3.8, 4) is 17.1 Å². The number of ether oxygens (including phenoxy) is 1. The molecule has 6 heteroatoms. The molecule has 0 bridgehead atoms. The maximum absolute atomic E-state index is 12.5. The SMILES string of the molecule is COc1ccccc1-c1noc(C2CC(=O)N(c3cccc(C)c3)C2)n1. The maximum Gasteiger partial charge on any atom is 0.232 e. The fourth-order valence-electron chi connectivity index (χ4n) is 3.26. The van der Waals surface area contributed by atoms with E-state index in [9.17, 15) is 4.79 Å². The van der Waals surface area contributed by atoms with E-state index >= 15 is 0 Å². The van der Waals surface area contributed by atoms with Crippen molar-refractivity contribution in [2.24, 2.45) is 0 Å². The molecule has 3 aromatic rings. The van der Waals surface area contributed by atoms with E-state index < -0.39 is 0 Å². The molecule has 0 N–H and O–H groups in total. The van der Waals surface area contributed by atoms with Gasteiger partial charge in [0.1, 0.15) is 5.75 Å². The number of aryl methyl sites for hydroxylation is 1. The van der Waals surface area contributed by atoms with Gasteiger partial charge in [0.15, 0.2) is 0 Å². The van der Waals surface area contributed by atoms with Gasteiger partial charge in [-0.2, -0.15) is 4.98 Å². The Morgan fingerprint density at radius 1 is 1.19 bits per heavy atom. The Kier molecular flexibility index (Phi) is 4.16. The van der Waals surface area contributed by atoms with E-state index in [-0.39, 0.29) is 11.8 Å². The van der Waals surface area contributed by atoms with E-state index in [0.29, 0.717) is 30.4 Å². The van der Waals surface area contributed by atoms with Crippen molar-refractivity contribution in [2.45, 2.75) is 19.3 Å². The fraction of sp³-hybridized carbons (Fsp3) is 0.250. The lowest BCUT2D eigenvalue weighted by Crippen LogP contribution is -2.24. The zero-order chi connectivity index (χ0) is 18.1. The van der Waals surface area contributed by atoms with Crippen molar-refractivity contribution in [3.63, 3.8) is 0 Å². The van der Waals surface area contributed by atoms with E-state index in [1.54, 1.807) is 12.0 Å². The van der Waals surface area contributed by atoms with Crippen molar-refractivity contribution >= 4 is 11.6 Å². The summed E-state index contributed by atoms with van der Waals surface area (Å²) in [6.45, 7) is 2.55. The van der Waals surface area contributed by atoms with Gasteiger partial charge in [0.25, 0.3) is 0 Å². The molecule has 1 amide bonds. The van der Waals surface area contributed by atoms with E-state index in [2.05, 4.69) is 10.1 Å². The zero-order valence-corrected chi connectivity index (χ0v) is 14.7. The van der Waals surface area contributed by atoms with Gasteiger partial charge in [-0.1, -0.05) is 29.4 Å². The van der Waals surface area contributed by atoms with Crippen LogP contribution in [0.25, 0.3) is 11.4 Å². The summed E-state index contributed by atoms with van der Waals surface area (Å²) in [6, 6.07) is 15.4. The number of hydrogen-bond acceptors (Lipinski definition) is 5. The lowest BCUT2D eigenvalue weighted by Gasteiger charge is -2.16. The van der Waals surface area contributed by atoms with Crippen LogP contribution < -0.4 is 9.64 Å². The number of nitrogens with zero attached hydrogens (tertiary/aromatic N) is 3. The second kappa shape index (κ2) is 6.63. The Morgan fingerprint density at radius 2 is 2.04 bits per heavy atom. The van der Waals surface area contributed by atoms with Crippen LogP contribution in [0.15, 0.2) is 53.1 Å². The van der Waals surface area contributed by atoms with Crippen LogP contribution in [0.1, 0.15) is 23.8 Å². The van der Waals surface area contributed by atoms with Crippen LogP contribution in [-0.2, 0) is 4.79 Å². The molecule has 2 heterocycles. The highest BCUT2D eigenvalue weighted by molar-refractivity contribution is 5.96. The molecule has 0 spiro atoms. The summed E-state index contributed by atoms with van der Waals surface area (Å²) in [5.74, 6) is 1.59. The lowest BCUT2D eigenvalue weighted by atomic mass is 10.1. The first-order chi connectivity index (χ1) is 12.7. The number of carbonyl (C=O) groups is 1. The third-order valence-corrected chi connectivity index (χ3v) is 4.58. The van der Waals surface area contributed by atoms with Gasteiger partial charge in [0.2, 0.25) is 17.6 Å². The van der Waals surface area contributed by atoms with Crippen LogP contribution in [0.5, 0.6) is 5.75 Å². The van der Waals surface area contributed by atoms with E-state index in [0.717, 1.165) is 16.8 Å². The van der Waals surface area contributed by atoms with Crippen LogP contribution in [0, 0.1) is 6.92 Å². The highest BCUT2D eigenvalue weighted by Gasteiger charge is 2.35. The van der Waals surface area contributed by atoms with Gasteiger partial charge in [-0.05, 0) is 36.8 Å². The molecule has 4 rings (SSSR count). The summed E-state index contributed by atoms with van der Waals surface area (Å²) in [4.78, 5) is 18.8. The molecule has 1 fully saturated rings. The Hall–Kier alpha value is -3.15. The van der Waals surface area contributed by atoms with Crippen molar-refractivity contribution in [1.29, 1.82) is 0 Å². The Labute approximate surface area is 151 Å². The first-order valence-corrected chi connectivity index (χ1v) is 8.49. The van der Waals surface area contributed by atoms with E-state index in [4.69, 9.17) is 9.26 Å². The second-order valence-corrected chi connectivity index (χ2v) is 6.40. The van der Waals surface area contributed by atoms with Gasteiger partial charge in [-0.3, -0.25) is 4.79 Å². The number of benzene rings is 2. The number of methoxy groups -OCH3 is 1. The standard InChI is InChI=1S/C20H19N3O3/c1-13-6-5-7-15(10-13)23-12-14(11-18(23)24)20-21-19(22-26-20)16-8-3-4-9-17(16)25-2/h3-10,14H,11-12H2,1-2H3. The molecule has 0 aliphatic carbocycles. The van der Waals surface area contributed by atoms with E-state index in [1.165, 1.54) is 0 Å². The fourth-order valence-corrected chi connectivity index (χ4v) is 3.26. The molecule has 2 aromatic carbocycles. The quantitative estimate of drug-likeness (QED) is 0.720. The molecule has 1 aromatic heterocycles. The predicted octanol–water partition coefficient (Wildman–Crippen LogP) is 3.57. The number of aromatic nitrogens is 2. The van der Waals surface area contributed by atoms with Gasteiger partial charge < -0.3 is 14.2 Å². The molecule has 6 nitrogen and oxygen atoms in total. The first kappa shape index (κ1) is 16.3. The molecule has 1 aliphatic rings. The van der Waals surface area contributed by atoms with Crippen LogP contribution in [0.2, 0.25) is 0 Å². The first-order valence-electron chi connectivity index (χ1n) is 8.49. The van der Waals surface area contributed by atoms with Gasteiger partial charge >= 0.3 is 0 Å². The van der Waals surface area contributed by atoms with Gasteiger partial charge in [0, 0.05) is 18.7 Å².